The van der Waals surface area contributed by atoms with E-state index in [0.717, 1.165) is 17.9 Å². The van der Waals surface area contributed by atoms with E-state index in [-0.39, 0.29) is 4.90 Å². The Balaban J connectivity index is 0.000000501. The van der Waals surface area contributed by atoms with Crippen molar-refractivity contribution in [3.63, 3.8) is 0 Å². The predicted octanol–water partition coefficient (Wildman–Crippen LogP) is 1.50. The van der Waals surface area contributed by atoms with E-state index in [0.29, 0.717) is 26.2 Å². The number of aliphatic carboxylic acids is 2. The molecule has 0 spiro atoms. The van der Waals surface area contributed by atoms with Crippen molar-refractivity contribution in [1.29, 1.82) is 0 Å². The Bertz CT molecular complexity index is 992. The summed E-state index contributed by atoms with van der Waals surface area (Å²) in [7, 11) is -1.93. The number of piperazine rings is 1. The van der Waals surface area contributed by atoms with E-state index in [2.05, 4.69) is 4.90 Å². The van der Waals surface area contributed by atoms with Crippen LogP contribution >= 0.6 is 0 Å². The van der Waals surface area contributed by atoms with Gasteiger partial charge in [0.2, 0.25) is 10.0 Å². The number of ether oxygens (including phenoxy) is 1. The van der Waals surface area contributed by atoms with Gasteiger partial charge in [-0.2, -0.15) is 4.31 Å². The second-order valence-electron chi connectivity index (χ2n) is 6.60. The summed E-state index contributed by atoms with van der Waals surface area (Å²) in [5.41, 5.74) is 1.13. The molecule has 0 aromatic heterocycles. The summed E-state index contributed by atoms with van der Waals surface area (Å²) >= 11 is 0. The molecule has 31 heavy (non-hydrogen) atoms. The quantitative estimate of drug-likeness (QED) is 0.652. The molecule has 0 atom stereocenters. The lowest BCUT2D eigenvalue weighted by molar-refractivity contribution is -0.159. The van der Waals surface area contributed by atoms with Crippen molar-refractivity contribution in [3.8, 4) is 5.75 Å². The Hall–Kier alpha value is -3.02. The standard InChI is InChI=1S/C18H21FN2O3S.C2H2O4/c1-24-17-4-2-3-15(13-17)14-20-9-11-21(12-10-20)25(22,23)18-7-5-16(19)6-8-18;3-1(4)2(5)6/h2-8,13H,9-12,14H2,1H3;(H,3,4)(H,5,6). The number of nitrogens with zero attached hydrogens (tertiary/aromatic N) is 2. The van der Waals surface area contributed by atoms with Crippen molar-refractivity contribution in [2.75, 3.05) is 33.3 Å². The van der Waals surface area contributed by atoms with Crippen LogP contribution in [0.15, 0.2) is 53.4 Å². The normalized spacial score (nSPS) is 14.9. The largest absolute Gasteiger partial charge is 0.497 e. The molecule has 1 saturated heterocycles. The molecule has 0 bridgehead atoms. The molecule has 0 aliphatic carbocycles. The second-order valence-corrected chi connectivity index (χ2v) is 8.53. The van der Waals surface area contributed by atoms with Crippen LogP contribution in [0.4, 0.5) is 4.39 Å². The molecule has 3 rings (SSSR count). The molecule has 1 aliphatic rings. The summed E-state index contributed by atoms with van der Waals surface area (Å²) in [6.45, 7) is 2.89. The number of hydrogen-bond acceptors (Lipinski definition) is 6. The number of carboxylic acids is 2. The highest BCUT2D eigenvalue weighted by Gasteiger charge is 2.28. The Morgan fingerprint density at radius 2 is 1.58 bits per heavy atom. The SMILES string of the molecule is COc1cccc(CN2CCN(S(=O)(=O)c3ccc(F)cc3)CC2)c1.O=C(O)C(=O)O. The summed E-state index contributed by atoms with van der Waals surface area (Å²) in [4.78, 5) is 20.5. The summed E-state index contributed by atoms with van der Waals surface area (Å²) in [5, 5.41) is 14.8. The van der Waals surface area contributed by atoms with E-state index < -0.39 is 27.8 Å². The van der Waals surface area contributed by atoms with Crippen LogP contribution in [0.1, 0.15) is 5.56 Å². The van der Waals surface area contributed by atoms with E-state index in [4.69, 9.17) is 24.5 Å². The highest BCUT2D eigenvalue weighted by Crippen LogP contribution is 2.20. The topological polar surface area (TPSA) is 124 Å². The number of hydrogen-bond donors (Lipinski definition) is 2. The minimum Gasteiger partial charge on any atom is -0.497 e. The number of rotatable bonds is 5. The first-order valence-corrected chi connectivity index (χ1v) is 10.6. The van der Waals surface area contributed by atoms with Gasteiger partial charge in [0.25, 0.3) is 0 Å². The summed E-state index contributed by atoms with van der Waals surface area (Å²) < 4.78 is 44.9. The molecule has 0 saturated carbocycles. The third kappa shape index (κ3) is 7.02. The first-order chi connectivity index (χ1) is 14.6. The van der Waals surface area contributed by atoms with Gasteiger partial charge in [-0.05, 0) is 42.0 Å². The Kier molecular flexibility index (Phi) is 8.48. The van der Waals surface area contributed by atoms with Gasteiger partial charge in [-0.3, -0.25) is 4.90 Å². The van der Waals surface area contributed by atoms with Gasteiger partial charge in [0.05, 0.1) is 12.0 Å². The third-order valence-corrected chi connectivity index (χ3v) is 6.42. The van der Waals surface area contributed by atoms with E-state index in [9.17, 15) is 12.8 Å². The lowest BCUT2D eigenvalue weighted by Gasteiger charge is -2.34. The van der Waals surface area contributed by atoms with Gasteiger partial charge >= 0.3 is 11.9 Å². The molecular weight excluding hydrogens is 431 g/mol. The zero-order valence-electron chi connectivity index (χ0n) is 16.8. The molecule has 2 aromatic rings. The van der Waals surface area contributed by atoms with Gasteiger partial charge in [0.1, 0.15) is 11.6 Å². The minimum absolute atomic E-state index is 0.134. The average molecular weight is 454 g/mol. The number of halogens is 1. The van der Waals surface area contributed by atoms with Crippen molar-refractivity contribution < 1.29 is 37.3 Å². The van der Waals surface area contributed by atoms with Gasteiger partial charge in [0, 0.05) is 32.7 Å². The van der Waals surface area contributed by atoms with Crippen molar-refractivity contribution >= 4 is 22.0 Å². The van der Waals surface area contributed by atoms with Gasteiger partial charge in [-0.25, -0.2) is 22.4 Å². The zero-order valence-corrected chi connectivity index (χ0v) is 17.6. The van der Waals surface area contributed by atoms with Crippen LogP contribution in [-0.2, 0) is 26.2 Å². The van der Waals surface area contributed by atoms with Gasteiger partial charge in [-0.1, -0.05) is 12.1 Å². The monoisotopic (exact) mass is 454 g/mol. The number of methoxy groups -OCH3 is 1. The van der Waals surface area contributed by atoms with Gasteiger partial charge < -0.3 is 14.9 Å². The molecule has 0 amide bonds. The molecule has 2 N–H and O–H groups in total. The molecule has 1 fully saturated rings. The number of sulfonamides is 1. The Morgan fingerprint density at radius 3 is 2.10 bits per heavy atom. The van der Waals surface area contributed by atoms with Crippen molar-refractivity contribution in [2.24, 2.45) is 0 Å². The van der Waals surface area contributed by atoms with Crippen LogP contribution in [-0.4, -0.2) is 73.1 Å². The highest BCUT2D eigenvalue weighted by atomic mass is 32.2. The molecular formula is C20H23FN2O7S. The van der Waals surface area contributed by atoms with Crippen molar-refractivity contribution in [3.05, 3.63) is 59.9 Å². The molecule has 1 heterocycles. The van der Waals surface area contributed by atoms with E-state index in [1.807, 2.05) is 24.3 Å². The summed E-state index contributed by atoms with van der Waals surface area (Å²) in [6, 6.07) is 12.8. The van der Waals surface area contributed by atoms with Crippen molar-refractivity contribution in [2.45, 2.75) is 11.4 Å². The van der Waals surface area contributed by atoms with Crippen LogP contribution in [0.25, 0.3) is 0 Å². The number of benzene rings is 2. The number of carboxylic acid groups (broad SMARTS) is 2. The van der Waals surface area contributed by atoms with E-state index >= 15 is 0 Å². The maximum Gasteiger partial charge on any atom is 0.414 e. The van der Waals surface area contributed by atoms with E-state index in [1.54, 1.807) is 7.11 Å². The maximum absolute atomic E-state index is 13.0. The fraction of sp³-hybridized carbons (Fsp3) is 0.300. The molecule has 0 radical (unpaired) electrons. The first-order valence-electron chi connectivity index (χ1n) is 9.20. The van der Waals surface area contributed by atoms with Crippen LogP contribution in [0.2, 0.25) is 0 Å². The molecule has 168 valence electrons. The molecule has 0 unspecified atom stereocenters. The van der Waals surface area contributed by atoms with Crippen LogP contribution < -0.4 is 4.74 Å². The first kappa shape index (κ1) is 24.3. The lowest BCUT2D eigenvalue weighted by atomic mass is 10.2. The molecule has 9 nitrogen and oxygen atoms in total. The minimum atomic E-state index is -3.57. The zero-order chi connectivity index (χ0) is 23.0. The Morgan fingerprint density at radius 1 is 1.00 bits per heavy atom. The second kappa shape index (κ2) is 10.8. The van der Waals surface area contributed by atoms with Crippen LogP contribution in [0.5, 0.6) is 5.75 Å². The van der Waals surface area contributed by atoms with Crippen LogP contribution in [0.3, 0.4) is 0 Å². The molecule has 11 heteroatoms. The van der Waals surface area contributed by atoms with E-state index in [1.165, 1.54) is 28.6 Å². The van der Waals surface area contributed by atoms with Crippen molar-refractivity contribution in [1.82, 2.24) is 9.21 Å². The maximum atomic E-state index is 13.0. The summed E-state index contributed by atoms with van der Waals surface area (Å²) in [6.07, 6.45) is 0. The molecule has 1 aliphatic heterocycles. The van der Waals surface area contributed by atoms with Crippen LogP contribution in [0, 0.1) is 5.82 Å². The smallest absolute Gasteiger partial charge is 0.414 e. The predicted molar refractivity (Wildman–Crippen MR) is 109 cm³/mol. The third-order valence-electron chi connectivity index (χ3n) is 4.51. The lowest BCUT2D eigenvalue weighted by Crippen LogP contribution is -2.48. The fourth-order valence-corrected chi connectivity index (χ4v) is 4.33. The Labute approximate surface area is 179 Å². The van der Waals surface area contributed by atoms with Gasteiger partial charge in [0.15, 0.2) is 0 Å². The fourth-order valence-electron chi connectivity index (χ4n) is 2.91. The average Bonchev–Trinajstić information content (AvgIpc) is 2.75. The summed E-state index contributed by atoms with van der Waals surface area (Å²) in [5.74, 6) is -3.28. The molecule has 2 aromatic carbocycles. The van der Waals surface area contributed by atoms with Gasteiger partial charge in [-0.15, -0.1) is 0 Å². The highest BCUT2D eigenvalue weighted by molar-refractivity contribution is 7.89. The number of carbonyl (C=O) groups is 2.